The monoisotopic (exact) mass is 290 g/mol. The van der Waals surface area contributed by atoms with Crippen LogP contribution in [0.5, 0.6) is 0 Å². The van der Waals surface area contributed by atoms with Crippen molar-refractivity contribution in [2.24, 2.45) is 5.73 Å². The third-order valence-corrected chi connectivity index (χ3v) is 3.53. The van der Waals surface area contributed by atoms with Crippen LogP contribution in [-0.4, -0.2) is 47.2 Å². The van der Waals surface area contributed by atoms with Crippen LogP contribution < -0.4 is 11.5 Å². The number of hydrogen-bond acceptors (Lipinski definition) is 4. The number of anilines is 1. The number of benzene rings is 1. The van der Waals surface area contributed by atoms with Gasteiger partial charge in [0.25, 0.3) is 0 Å². The van der Waals surface area contributed by atoms with E-state index in [0.29, 0.717) is 23.4 Å². The van der Waals surface area contributed by atoms with Gasteiger partial charge in [-0.2, -0.15) is 0 Å². The Bertz CT molecular complexity index is 600. The summed E-state index contributed by atoms with van der Waals surface area (Å²) in [7, 11) is 0. The van der Waals surface area contributed by atoms with E-state index in [1.54, 1.807) is 12.1 Å². The predicted molar refractivity (Wildman–Crippen MR) is 77.0 cm³/mol. The van der Waals surface area contributed by atoms with Gasteiger partial charge in [0.2, 0.25) is 17.7 Å². The number of nitrogens with two attached hydrogens (primary N) is 2. The zero-order valence-electron chi connectivity index (χ0n) is 11.8. The summed E-state index contributed by atoms with van der Waals surface area (Å²) < 4.78 is 0. The number of nitrogen functional groups attached to an aromatic ring is 1. The lowest BCUT2D eigenvalue weighted by molar-refractivity contribution is -0.150. The van der Waals surface area contributed by atoms with Crippen LogP contribution in [0.25, 0.3) is 0 Å². The summed E-state index contributed by atoms with van der Waals surface area (Å²) in [6.45, 7) is 2.74. The van der Waals surface area contributed by atoms with Gasteiger partial charge in [0.1, 0.15) is 6.54 Å². The van der Waals surface area contributed by atoms with E-state index in [1.807, 2.05) is 6.92 Å². The maximum atomic E-state index is 12.0. The molecular weight excluding hydrogens is 272 g/mol. The molecule has 0 radical (unpaired) electrons. The molecule has 1 fully saturated rings. The van der Waals surface area contributed by atoms with Crippen LogP contribution in [0, 0.1) is 0 Å². The molecule has 1 aliphatic heterocycles. The first-order valence-electron chi connectivity index (χ1n) is 6.66. The highest BCUT2D eigenvalue weighted by molar-refractivity contribution is 5.94. The van der Waals surface area contributed by atoms with E-state index in [1.165, 1.54) is 15.9 Å². The van der Waals surface area contributed by atoms with Gasteiger partial charge in [0.05, 0.1) is 6.54 Å². The molecule has 3 amide bonds. The highest BCUT2D eigenvalue weighted by Gasteiger charge is 2.29. The summed E-state index contributed by atoms with van der Waals surface area (Å²) in [5.74, 6) is -0.754. The van der Waals surface area contributed by atoms with Crippen molar-refractivity contribution in [3.8, 4) is 0 Å². The van der Waals surface area contributed by atoms with E-state index in [2.05, 4.69) is 0 Å². The Balaban J connectivity index is 2.13. The Morgan fingerprint density at radius 3 is 2.38 bits per heavy atom. The predicted octanol–water partition coefficient (Wildman–Crippen LogP) is -0.442. The van der Waals surface area contributed by atoms with E-state index in [-0.39, 0.29) is 31.4 Å². The molecule has 7 heteroatoms. The van der Waals surface area contributed by atoms with Crippen LogP contribution in [-0.2, 0) is 16.1 Å². The lowest BCUT2D eigenvalue weighted by Crippen LogP contribution is -2.53. The van der Waals surface area contributed by atoms with Crippen molar-refractivity contribution in [3.63, 3.8) is 0 Å². The van der Waals surface area contributed by atoms with Crippen LogP contribution in [0.3, 0.4) is 0 Å². The molecule has 1 aromatic rings. The summed E-state index contributed by atoms with van der Waals surface area (Å²) in [6, 6.07) is 4.69. The van der Waals surface area contributed by atoms with Gasteiger partial charge in [0.15, 0.2) is 0 Å². The maximum absolute atomic E-state index is 12.0. The van der Waals surface area contributed by atoms with E-state index in [9.17, 15) is 14.4 Å². The molecule has 1 aliphatic rings. The van der Waals surface area contributed by atoms with Crippen LogP contribution in [0.15, 0.2) is 18.2 Å². The van der Waals surface area contributed by atoms with E-state index >= 15 is 0 Å². The van der Waals surface area contributed by atoms with Crippen LogP contribution >= 0.6 is 0 Å². The van der Waals surface area contributed by atoms with E-state index < -0.39 is 5.91 Å². The van der Waals surface area contributed by atoms with Gasteiger partial charge in [-0.3, -0.25) is 14.4 Å². The number of piperazine rings is 1. The topological polar surface area (TPSA) is 110 Å². The number of carbonyl (C=O) groups is 3. The maximum Gasteiger partial charge on any atom is 0.248 e. The fourth-order valence-electron chi connectivity index (χ4n) is 2.23. The molecule has 1 saturated heterocycles. The molecule has 0 saturated carbocycles. The number of primary amides is 1. The average molecular weight is 290 g/mol. The normalized spacial score (nSPS) is 15.5. The van der Waals surface area contributed by atoms with Gasteiger partial charge in [-0.15, -0.1) is 0 Å². The van der Waals surface area contributed by atoms with Gasteiger partial charge >= 0.3 is 0 Å². The summed E-state index contributed by atoms with van der Waals surface area (Å²) >= 11 is 0. The van der Waals surface area contributed by atoms with E-state index in [0.717, 1.165) is 0 Å². The zero-order chi connectivity index (χ0) is 15.6. The molecule has 0 unspecified atom stereocenters. The average Bonchev–Trinajstić information content (AvgIpc) is 2.44. The van der Waals surface area contributed by atoms with Crippen molar-refractivity contribution in [2.45, 2.75) is 13.5 Å². The second-order valence-corrected chi connectivity index (χ2v) is 4.94. The second kappa shape index (κ2) is 5.82. The number of likely N-dealkylation sites (N-methyl/N-ethyl adjacent to an activating group) is 1. The Labute approximate surface area is 122 Å². The Kier molecular flexibility index (Phi) is 4.11. The van der Waals surface area contributed by atoms with Crippen LogP contribution in [0.1, 0.15) is 22.8 Å². The summed E-state index contributed by atoms with van der Waals surface area (Å²) in [5.41, 5.74) is 12.4. The van der Waals surface area contributed by atoms with Crippen molar-refractivity contribution in [1.82, 2.24) is 9.80 Å². The smallest absolute Gasteiger partial charge is 0.248 e. The molecular formula is C14H18N4O3. The van der Waals surface area contributed by atoms with Crippen molar-refractivity contribution in [1.29, 1.82) is 0 Å². The highest BCUT2D eigenvalue weighted by atomic mass is 16.2. The van der Waals surface area contributed by atoms with Gasteiger partial charge in [-0.05, 0) is 24.6 Å². The fraction of sp³-hybridized carbons (Fsp3) is 0.357. The molecule has 0 spiro atoms. The molecule has 0 atom stereocenters. The third kappa shape index (κ3) is 3.13. The Morgan fingerprint density at radius 1 is 1.19 bits per heavy atom. The van der Waals surface area contributed by atoms with Gasteiger partial charge < -0.3 is 21.3 Å². The molecule has 21 heavy (non-hydrogen) atoms. The number of hydrogen-bond donors (Lipinski definition) is 2. The molecule has 0 aliphatic carbocycles. The summed E-state index contributed by atoms with van der Waals surface area (Å²) in [6.07, 6.45) is 0. The second-order valence-electron chi connectivity index (χ2n) is 4.94. The van der Waals surface area contributed by atoms with Gasteiger partial charge in [-0.25, -0.2) is 0 Å². The first-order chi connectivity index (χ1) is 9.92. The zero-order valence-corrected chi connectivity index (χ0v) is 11.8. The van der Waals surface area contributed by atoms with E-state index in [4.69, 9.17) is 11.5 Å². The minimum atomic E-state index is -0.559. The molecule has 0 aromatic heterocycles. The fourth-order valence-corrected chi connectivity index (χ4v) is 2.23. The van der Waals surface area contributed by atoms with Crippen molar-refractivity contribution in [2.75, 3.05) is 25.4 Å². The molecule has 1 aromatic carbocycles. The lowest BCUT2D eigenvalue weighted by Gasteiger charge is -2.33. The molecule has 4 N–H and O–H groups in total. The summed E-state index contributed by atoms with van der Waals surface area (Å²) in [4.78, 5) is 37.9. The molecule has 1 heterocycles. The third-order valence-electron chi connectivity index (χ3n) is 3.53. The van der Waals surface area contributed by atoms with Gasteiger partial charge in [0, 0.05) is 24.3 Å². The first kappa shape index (κ1) is 14.8. The van der Waals surface area contributed by atoms with Crippen molar-refractivity contribution in [3.05, 3.63) is 29.3 Å². The molecule has 112 valence electrons. The SMILES string of the molecule is CCN1CC(=O)N(Cc2ccc(C(N)=O)cc2N)CC1=O. The molecule has 0 bridgehead atoms. The van der Waals surface area contributed by atoms with Crippen molar-refractivity contribution >= 4 is 23.4 Å². The standard InChI is InChI=1S/C14H18N4O3/c1-2-17-7-13(20)18(8-12(17)19)6-10-4-3-9(14(16)21)5-11(10)15/h3-5H,2,6-8,15H2,1H3,(H2,16,21). The minimum absolute atomic E-state index is 0.0453. The summed E-state index contributed by atoms with van der Waals surface area (Å²) in [5, 5.41) is 0. The van der Waals surface area contributed by atoms with Crippen LogP contribution in [0.4, 0.5) is 5.69 Å². The van der Waals surface area contributed by atoms with Gasteiger partial charge in [-0.1, -0.05) is 6.07 Å². The van der Waals surface area contributed by atoms with Crippen molar-refractivity contribution < 1.29 is 14.4 Å². The Morgan fingerprint density at radius 2 is 1.81 bits per heavy atom. The Hall–Kier alpha value is -2.57. The quantitative estimate of drug-likeness (QED) is 0.732. The van der Waals surface area contributed by atoms with Crippen LogP contribution in [0.2, 0.25) is 0 Å². The number of nitrogens with zero attached hydrogens (tertiary/aromatic N) is 2. The largest absolute Gasteiger partial charge is 0.398 e. The molecule has 2 rings (SSSR count). The minimum Gasteiger partial charge on any atom is -0.398 e. The number of amides is 3. The number of carbonyl (C=O) groups excluding carboxylic acids is 3. The highest BCUT2D eigenvalue weighted by Crippen LogP contribution is 2.18. The first-order valence-corrected chi connectivity index (χ1v) is 6.66. The lowest BCUT2D eigenvalue weighted by atomic mass is 10.1. The molecule has 7 nitrogen and oxygen atoms in total. The number of rotatable bonds is 4.